The maximum Gasteiger partial charge on any atom is 0.322 e. The van der Waals surface area contributed by atoms with E-state index in [-0.39, 0.29) is 23.2 Å². The SMILES string of the molecule is COC(=O)C1C(=O)N(Cc2ccc(Br)cc2F)C(=O)c2cc(F)ccc21. The standard InChI is InChI=1S/C18H12BrF2NO4/c1-26-18(25)15-12-5-4-11(20)7-13(12)16(23)22(17(15)24)8-9-2-3-10(19)6-14(9)21/h2-7,15H,8H2,1H3. The maximum atomic E-state index is 14.1. The molecule has 0 saturated heterocycles. The number of carbonyl (C=O) groups excluding carboxylic acids is 3. The summed E-state index contributed by atoms with van der Waals surface area (Å²) in [6.45, 7) is -0.389. The molecule has 3 rings (SSSR count). The van der Waals surface area contributed by atoms with Crippen LogP contribution in [0.15, 0.2) is 40.9 Å². The van der Waals surface area contributed by atoms with Crippen molar-refractivity contribution < 1.29 is 27.9 Å². The third-order valence-electron chi connectivity index (χ3n) is 4.10. The van der Waals surface area contributed by atoms with Crippen LogP contribution in [0.4, 0.5) is 8.78 Å². The van der Waals surface area contributed by atoms with E-state index in [2.05, 4.69) is 20.7 Å². The highest BCUT2D eigenvalue weighted by atomic mass is 79.9. The predicted molar refractivity (Wildman–Crippen MR) is 90.1 cm³/mol. The number of fused-ring (bicyclic) bond motifs is 1. The second-order valence-electron chi connectivity index (χ2n) is 5.65. The molecule has 1 aliphatic rings. The molecule has 26 heavy (non-hydrogen) atoms. The van der Waals surface area contributed by atoms with E-state index in [0.717, 1.165) is 24.1 Å². The summed E-state index contributed by atoms with van der Waals surface area (Å²) in [5.74, 6) is -5.25. The van der Waals surface area contributed by atoms with Gasteiger partial charge in [-0.3, -0.25) is 19.3 Å². The van der Waals surface area contributed by atoms with Gasteiger partial charge in [-0.05, 0) is 29.8 Å². The average molecular weight is 424 g/mol. The molecule has 0 bridgehead atoms. The van der Waals surface area contributed by atoms with Crippen LogP contribution in [0, 0.1) is 11.6 Å². The van der Waals surface area contributed by atoms with Crippen molar-refractivity contribution in [2.24, 2.45) is 0 Å². The molecule has 0 spiro atoms. The first-order valence-corrected chi connectivity index (χ1v) is 8.29. The van der Waals surface area contributed by atoms with Crippen molar-refractivity contribution in [1.82, 2.24) is 4.90 Å². The molecular weight excluding hydrogens is 412 g/mol. The van der Waals surface area contributed by atoms with Crippen LogP contribution in [-0.4, -0.2) is 29.8 Å². The van der Waals surface area contributed by atoms with Crippen molar-refractivity contribution >= 4 is 33.7 Å². The Morgan fingerprint density at radius 1 is 1.19 bits per heavy atom. The van der Waals surface area contributed by atoms with E-state index in [1.807, 2.05) is 0 Å². The van der Waals surface area contributed by atoms with Gasteiger partial charge in [-0.25, -0.2) is 8.78 Å². The molecule has 2 aromatic rings. The average Bonchev–Trinajstić information content (AvgIpc) is 2.60. The van der Waals surface area contributed by atoms with Crippen molar-refractivity contribution in [3.8, 4) is 0 Å². The van der Waals surface area contributed by atoms with Crippen molar-refractivity contribution in [1.29, 1.82) is 0 Å². The summed E-state index contributed by atoms with van der Waals surface area (Å²) in [7, 11) is 1.11. The van der Waals surface area contributed by atoms with Gasteiger partial charge in [-0.1, -0.05) is 28.1 Å². The number of imide groups is 1. The number of halogens is 3. The first-order valence-electron chi connectivity index (χ1n) is 7.50. The van der Waals surface area contributed by atoms with Gasteiger partial charge in [0.2, 0.25) is 5.91 Å². The summed E-state index contributed by atoms with van der Waals surface area (Å²) in [5, 5.41) is 0. The summed E-state index contributed by atoms with van der Waals surface area (Å²) < 4.78 is 32.9. The largest absolute Gasteiger partial charge is 0.468 e. The number of ether oxygens (including phenoxy) is 1. The van der Waals surface area contributed by atoms with E-state index in [0.29, 0.717) is 4.47 Å². The lowest BCUT2D eigenvalue weighted by atomic mass is 9.88. The quantitative estimate of drug-likeness (QED) is 0.432. The van der Waals surface area contributed by atoms with Gasteiger partial charge in [0.1, 0.15) is 11.6 Å². The molecular formula is C18H12BrF2NO4. The molecule has 1 atom stereocenters. The molecule has 0 N–H and O–H groups in total. The molecule has 2 aromatic carbocycles. The zero-order chi connectivity index (χ0) is 19.0. The number of hydrogen-bond donors (Lipinski definition) is 0. The molecule has 134 valence electrons. The van der Waals surface area contributed by atoms with Crippen LogP contribution in [0.5, 0.6) is 0 Å². The summed E-state index contributed by atoms with van der Waals surface area (Å²) in [5.41, 5.74) is 0.0247. The number of amides is 2. The minimum atomic E-state index is -1.41. The van der Waals surface area contributed by atoms with Gasteiger partial charge in [-0.15, -0.1) is 0 Å². The molecule has 1 unspecified atom stereocenters. The van der Waals surface area contributed by atoms with Gasteiger partial charge < -0.3 is 4.74 Å². The number of rotatable bonds is 3. The van der Waals surface area contributed by atoms with Gasteiger partial charge >= 0.3 is 5.97 Å². The molecule has 0 aromatic heterocycles. The zero-order valence-electron chi connectivity index (χ0n) is 13.5. The number of benzene rings is 2. The van der Waals surface area contributed by atoms with Crippen molar-refractivity contribution in [3.63, 3.8) is 0 Å². The van der Waals surface area contributed by atoms with E-state index in [1.165, 1.54) is 18.2 Å². The number of methoxy groups -OCH3 is 1. The Hall–Kier alpha value is -2.61. The zero-order valence-corrected chi connectivity index (χ0v) is 15.0. The van der Waals surface area contributed by atoms with Crippen LogP contribution in [0.25, 0.3) is 0 Å². The van der Waals surface area contributed by atoms with Crippen LogP contribution < -0.4 is 0 Å². The molecule has 0 saturated carbocycles. The Morgan fingerprint density at radius 3 is 2.58 bits per heavy atom. The highest BCUT2D eigenvalue weighted by molar-refractivity contribution is 9.10. The molecule has 2 amide bonds. The molecule has 0 radical (unpaired) electrons. The van der Waals surface area contributed by atoms with Gasteiger partial charge in [0.05, 0.1) is 13.7 Å². The van der Waals surface area contributed by atoms with E-state index >= 15 is 0 Å². The lowest BCUT2D eigenvalue weighted by molar-refractivity contribution is -0.149. The Balaban J connectivity index is 2.07. The Labute approximate surface area is 155 Å². The first-order chi connectivity index (χ1) is 12.3. The fraction of sp³-hybridized carbons (Fsp3) is 0.167. The van der Waals surface area contributed by atoms with Crippen LogP contribution in [0.3, 0.4) is 0 Å². The summed E-state index contributed by atoms with van der Waals surface area (Å²) in [6.07, 6.45) is 0. The number of esters is 1. The van der Waals surface area contributed by atoms with E-state index in [1.54, 1.807) is 6.07 Å². The van der Waals surface area contributed by atoms with Gasteiger partial charge in [0.15, 0.2) is 5.92 Å². The maximum absolute atomic E-state index is 14.1. The van der Waals surface area contributed by atoms with Crippen LogP contribution in [0.1, 0.15) is 27.4 Å². The van der Waals surface area contributed by atoms with Crippen molar-refractivity contribution in [3.05, 3.63) is 69.2 Å². The minimum Gasteiger partial charge on any atom is -0.468 e. The molecule has 1 aliphatic heterocycles. The van der Waals surface area contributed by atoms with Gasteiger partial charge in [0, 0.05) is 15.6 Å². The van der Waals surface area contributed by atoms with E-state index in [4.69, 9.17) is 0 Å². The van der Waals surface area contributed by atoms with Crippen molar-refractivity contribution in [2.45, 2.75) is 12.5 Å². The smallest absolute Gasteiger partial charge is 0.322 e. The third kappa shape index (κ3) is 3.12. The monoisotopic (exact) mass is 423 g/mol. The highest BCUT2D eigenvalue weighted by Crippen LogP contribution is 2.32. The van der Waals surface area contributed by atoms with Gasteiger partial charge in [-0.2, -0.15) is 0 Å². The summed E-state index contributed by atoms with van der Waals surface area (Å²) >= 11 is 3.12. The molecule has 1 heterocycles. The van der Waals surface area contributed by atoms with Crippen LogP contribution in [-0.2, 0) is 20.9 Å². The highest BCUT2D eigenvalue weighted by Gasteiger charge is 2.43. The van der Waals surface area contributed by atoms with E-state index < -0.39 is 35.3 Å². The molecule has 0 fully saturated rings. The molecule has 8 heteroatoms. The Kier molecular flexibility index (Phi) is 4.86. The second-order valence-corrected chi connectivity index (χ2v) is 6.57. The Bertz CT molecular complexity index is 931. The molecule has 5 nitrogen and oxygen atoms in total. The normalized spacial score (nSPS) is 16.5. The van der Waals surface area contributed by atoms with Crippen molar-refractivity contribution in [2.75, 3.05) is 7.11 Å². The van der Waals surface area contributed by atoms with Gasteiger partial charge in [0.25, 0.3) is 5.91 Å². The number of nitrogens with zero attached hydrogens (tertiary/aromatic N) is 1. The lowest BCUT2D eigenvalue weighted by Crippen LogP contribution is -2.47. The van der Waals surface area contributed by atoms with Crippen LogP contribution >= 0.6 is 15.9 Å². The summed E-state index contributed by atoms with van der Waals surface area (Å²) in [6, 6.07) is 7.38. The number of carbonyl (C=O) groups is 3. The first kappa shape index (κ1) is 18.2. The topological polar surface area (TPSA) is 63.7 Å². The van der Waals surface area contributed by atoms with Crippen LogP contribution in [0.2, 0.25) is 0 Å². The number of hydrogen-bond acceptors (Lipinski definition) is 4. The molecule has 0 aliphatic carbocycles. The lowest BCUT2D eigenvalue weighted by Gasteiger charge is -2.31. The van der Waals surface area contributed by atoms with E-state index in [9.17, 15) is 23.2 Å². The predicted octanol–water partition coefficient (Wildman–Crippen LogP) is 3.17. The third-order valence-corrected chi connectivity index (χ3v) is 4.59. The Morgan fingerprint density at radius 2 is 1.92 bits per heavy atom. The summed E-state index contributed by atoms with van der Waals surface area (Å²) in [4.78, 5) is 38.2. The fourth-order valence-corrected chi connectivity index (χ4v) is 3.15. The minimum absolute atomic E-state index is 0.0702. The second kappa shape index (κ2) is 6.95. The fourth-order valence-electron chi connectivity index (χ4n) is 2.82.